The molecule has 2 aromatic carbocycles. The number of nitrogens with zero attached hydrogens (tertiary/aromatic N) is 2. The molecule has 0 N–H and O–H groups in total. The van der Waals surface area contributed by atoms with Crippen molar-refractivity contribution in [2.45, 2.75) is 23.8 Å². The molecule has 2 aliphatic heterocycles. The van der Waals surface area contributed by atoms with Crippen LogP contribution in [0.4, 0.5) is 4.39 Å². The molecule has 0 spiro atoms. The summed E-state index contributed by atoms with van der Waals surface area (Å²) in [6, 6.07) is 17.7. The molecule has 2 atom stereocenters. The Balaban J connectivity index is 1.51. The summed E-state index contributed by atoms with van der Waals surface area (Å²) in [5, 5.41) is 0. The Hall–Kier alpha value is -2.86. The predicted molar refractivity (Wildman–Crippen MR) is 121 cm³/mol. The quantitative estimate of drug-likeness (QED) is 0.564. The summed E-state index contributed by atoms with van der Waals surface area (Å²) in [6.07, 6.45) is 3.01. The van der Waals surface area contributed by atoms with Gasteiger partial charge in [0.25, 0.3) is 11.5 Å². The third-order valence-corrected chi connectivity index (χ3v) is 7.11. The lowest BCUT2D eigenvalue weighted by Crippen LogP contribution is -2.49. The number of halogens is 1. The number of carbonyl (C=O) groups excluding carboxylic acids is 1. The number of carbonyl (C=O) groups is 1. The number of amides is 1. The Labute approximate surface area is 184 Å². The molecule has 158 valence electrons. The minimum absolute atomic E-state index is 0.0208. The zero-order chi connectivity index (χ0) is 21.5. The molecule has 2 bridgehead atoms. The van der Waals surface area contributed by atoms with E-state index in [-0.39, 0.29) is 29.1 Å². The number of likely N-dealkylation sites (tertiary alicyclic amines) is 1. The van der Waals surface area contributed by atoms with E-state index in [2.05, 4.69) is 24.3 Å². The molecule has 1 saturated heterocycles. The van der Waals surface area contributed by atoms with Crippen LogP contribution in [0.25, 0.3) is 11.1 Å². The molecule has 31 heavy (non-hydrogen) atoms. The molecule has 5 rings (SSSR count). The second-order valence-electron chi connectivity index (χ2n) is 8.33. The molecule has 4 nitrogen and oxygen atoms in total. The first-order valence-electron chi connectivity index (χ1n) is 10.5. The van der Waals surface area contributed by atoms with Gasteiger partial charge in [-0.05, 0) is 66.6 Å². The molecule has 1 aromatic heterocycles. The van der Waals surface area contributed by atoms with E-state index >= 15 is 0 Å². The van der Waals surface area contributed by atoms with Crippen LogP contribution in [0.5, 0.6) is 0 Å². The van der Waals surface area contributed by atoms with E-state index in [0.717, 1.165) is 23.2 Å². The molecular formula is C25H23FN2O2S. The zero-order valence-corrected chi connectivity index (χ0v) is 18.1. The van der Waals surface area contributed by atoms with Gasteiger partial charge in [-0.15, -0.1) is 11.8 Å². The summed E-state index contributed by atoms with van der Waals surface area (Å²) < 4.78 is 15.2. The molecule has 3 heterocycles. The summed E-state index contributed by atoms with van der Waals surface area (Å²) in [7, 11) is 0. The number of rotatable bonds is 3. The van der Waals surface area contributed by atoms with E-state index in [1.165, 1.54) is 17.0 Å². The highest BCUT2D eigenvalue weighted by molar-refractivity contribution is 7.98. The van der Waals surface area contributed by atoms with Gasteiger partial charge in [-0.2, -0.15) is 0 Å². The number of fused-ring (bicyclic) bond motifs is 4. The first-order chi connectivity index (χ1) is 15.0. The fourth-order valence-electron chi connectivity index (χ4n) is 4.97. The van der Waals surface area contributed by atoms with E-state index in [1.54, 1.807) is 30.0 Å². The van der Waals surface area contributed by atoms with E-state index < -0.39 is 0 Å². The average Bonchev–Trinajstić information content (AvgIpc) is 2.80. The van der Waals surface area contributed by atoms with Crippen LogP contribution in [0.2, 0.25) is 0 Å². The van der Waals surface area contributed by atoms with Gasteiger partial charge in [0.05, 0.1) is 0 Å². The molecule has 0 saturated carbocycles. The zero-order valence-electron chi connectivity index (χ0n) is 17.3. The minimum atomic E-state index is -0.350. The van der Waals surface area contributed by atoms with E-state index in [4.69, 9.17) is 0 Å². The Morgan fingerprint density at radius 2 is 1.71 bits per heavy atom. The van der Waals surface area contributed by atoms with Crippen molar-refractivity contribution >= 4 is 17.7 Å². The van der Waals surface area contributed by atoms with Gasteiger partial charge in [-0.1, -0.05) is 12.1 Å². The standard InChI is InChI=1S/C25H23FN2O2S/c1-31-21-8-4-17(5-9-21)22-10-11-23(29)28-14-16-12-19(24(22)28)15-27(13-16)25(30)18-2-6-20(26)7-3-18/h2-11,16,19H,12-15H2,1H3/t16-,19-/m0/s1. The minimum Gasteiger partial charge on any atom is -0.338 e. The van der Waals surface area contributed by atoms with E-state index in [0.29, 0.717) is 25.2 Å². The average molecular weight is 435 g/mol. The van der Waals surface area contributed by atoms with Crippen molar-refractivity contribution < 1.29 is 9.18 Å². The monoisotopic (exact) mass is 434 g/mol. The summed E-state index contributed by atoms with van der Waals surface area (Å²) in [5.74, 6) is -0.0895. The number of hydrogen-bond acceptors (Lipinski definition) is 3. The maximum Gasteiger partial charge on any atom is 0.253 e. The van der Waals surface area contributed by atoms with Crippen LogP contribution in [0, 0.1) is 11.7 Å². The summed E-state index contributed by atoms with van der Waals surface area (Å²) in [5.41, 5.74) is 3.69. The highest BCUT2D eigenvalue weighted by Gasteiger charge is 2.38. The van der Waals surface area contributed by atoms with Crippen molar-refractivity contribution in [3.8, 4) is 11.1 Å². The number of hydrogen-bond donors (Lipinski definition) is 0. The van der Waals surface area contributed by atoms with E-state index in [9.17, 15) is 14.0 Å². The van der Waals surface area contributed by atoms with Gasteiger partial charge >= 0.3 is 0 Å². The van der Waals surface area contributed by atoms with Gasteiger partial charge in [-0.25, -0.2) is 4.39 Å². The molecule has 0 aliphatic carbocycles. The van der Waals surface area contributed by atoms with E-state index in [1.807, 2.05) is 21.8 Å². The molecule has 0 unspecified atom stereocenters. The lowest BCUT2D eigenvalue weighted by Gasteiger charge is -2.43. The summed E-state index contributed by atoms with van der Waals surface area (Å²) in [4.78, 5) is 28.8. The Morgan fingerprint density at radius 3 is 2.42 bits per heavy atom. The fraction of sp³-hybridized carbons (Fsp3) is 0.280. The third-order valence-electron chi connectivity index (χ3n) is 6.37. The maximum atomic E-state index is 13.3. The normalized spacial score (nSPS) is 19.7. The lowest BCUT2D eigenvalue weighted by molar-refractivity contribution is 0.0595. The highest BCUT2D eigenvalue weighted by atomic mass is 32.2. The van der Waals surface area contributed by atoms with Crippen molar-refractivity contribution in [1.82, 2.24) is 9.47 Å². The summed E-state index contributed by atoms with van der Waals surface area (Å²) in [6.45, 7) is 1.80. The first kappa shape index (κ1) is 20.1. The van der Waals surface area contributed by atoms with Crippen LogP contribution in [0.15, 0.2) is 70.4 Å². The molecule has 2 aliphatic rings. The first-order valence-corrected chi connectivity index (χ1v) is 11.7. The predicted octanol–water partition coefficient (Wildman–Crippen LogP) is 4.64. The third kappa shape index (κ3) is 3.69. The Morgan fingerprint density at radius 1 is 0.968 bits per heavy atom. The van der Waals surface area contributed by atoms with Crippen LogP contribution in [-0.2, 0) is 6.54 Å². The van der Waals surface area contributed by atoms with Gasteiger partial charge in [-0.3, -0.25) is 9.59 Å². The Kier molecular flexibility index (Phi) is 5.18. The van der Waals surface area contributed by atoms with Crippen LogP contribution in [-0.4, -0.2) is 34.7 Å². The smallest absolute Gasteiger partial charge is 0.253 e. The molecule has 0 radical (unpaired) electrons. The van der Waals surface area contributed by atoms with Crippen molar-refractivity contribution in [3.05, 3.63) is 88.1 Å². The number of pyridine rings is 1. The number of benzene rings is 2. The number of thioether (sulfide) groups is 1. The second kappa shape index (κ2) is 8.00. The second-order valence-corrected chi connectivity index (χ2v) is 9.20. The largest absolute Gasteiger partial charge is 0.338 e. The van der Waals surface area contributed by atoms with Crippen LogP contribution < -0.4 is 5.56 Å². The maximum absolute atomic E-state index is 13.3. The highest BCUT2D eigenvalue weighted by Crippen LogP contribution is 2.40. The molecular weight excluding hydrogens is 411 g/mol. The van der Waals surface area contributed by atoms with Crippen LogP contribution >= 0.6 is 11.8 Å². The van der Waals surface area contributed by atoms with Gasteiger partial charge in [0, 0.05) is 53.3 Å². The van der Waals surface area contributed by atoms with Crippen molar-refractivity contribution in [1.29, 1.82) is 0 Å². The molecule has 6 heteroatoms. The lowest BCUT2D eigenvalue weighted by atomic mass is 9.80. The van der Waals surface area contributed by atoms with Gasteiger partial charge < -0.3 is 9.47 Å². The SMILES string of the molecule is CSc1ccc(-c2ccc(=O)n3c2[C@H]2C[C@@H](CN(C(=O)c4ccc(F)cc4)C2)C3)cc1. The number of piperidine rings is 1. The van der Waals surface area contributed by atoms with Gasteiger partial charge in [0.15, 0.2) is 0 Å². The van der Waals surface area contributed by atoms with Crippen molar-refractivity contribution in [2.24, 2.45) is 5.92 Å². The fourth-order valence-corrected chi connectivity index (χ4v) is 5.38. The van der Waals surface area contributed by atoms with Crippen LogP contribution in [0.3, 0.4) is 0 Å². The topological polar surface area (TPSA) is 42.3 Å². The Bertz CT molecular complexity index is 1190. The summed E-state index contributed by atoms with van der Waals surface area (Å²) >= 11 is 1.70. The van der Waals surface area contributed by atoms with Gasteiger partial charge in [0.1, 0.15) is 5.82 Å². The van der Waals surface area contributed by atoms with Crippen molar-refractivity contribution in [3.63, 3.8) is 0 Å². The molecule has 1 amide bonds. The molecule has 1 fully saturated rings. The van der Waals surface area contributed by atoms with Gasteiger partial charge in [0.2, 0.25) is 0 Å². The van der Waals surface area contributed by atoms with Crippen LogP contribution in [0.1, 0.15) is 28.4 Å². The number of aromatic nitrogens is 1. The van der Waals surface area contributed by atoms with Crippen molar-refractivity contribution in [2.75, 3.05) is 19.3 Å². The molecule has 3 aromatic rings.